The Labute approximate surface area is 185 Å². The minimum atomic E-state index is -3.59. The summed E-state index contributed by atoms with van der Waals surface area (Å²) in [5.41, 5.74) is 1.08. The Morgan fingerprint density at radius 1 is 0.833 bits per heavy atom. The summed E-state index contributed by atoms with van der Waals surface area (Å²) in [6.45, 7) is 9.71. The Morgan fingerprint density at radius 3 is 1.83 bits per heavy atom. The first-order chi connectivity index (χ1) is 14.6. The molecule has 0 bridgehead atoms. The van der Waals surface area contributed by atoms with E-state index in [4.69, 9.17) is 13.6 Å². The van der Waals surface area contributed by atoms with E-state index in [0.29, 0.717) is 25.0 Å². The molecule has 0 heterocycles. The first-order valence-electron chi connectivity index (χ1n) is 11.8. The summed E-state index contributed by atoms with van der Waals surface area (Å²) in [6, 6.07) is 9.99. The van der Waals surface area contributed by atoms with Gasteiger partial charge in [-0.1, -0.05) is 109 Å². The van der Waals surface area contributed by atoms with Gasteiger partial charge in [-0.05, 0) is 30.2 Å². The zero-order valence-electron chi connectivity index (χ0n) is 19.6. The van der Waals surface area contributed by atoms with E-state index in [0.717, 1.165) is 56.9 Å². The molecule has 2 unspecified atom stereocenters. The molecule has 0 amide bonds. The number of hydrogen-bond donors (Lipinski definition) is 0. The molecule has 2 atom stereocenters. The maximum atomic E-state index is 13.3. The Kier molecular flexibility index (Phi) is 15.1. The van der Waals surface area contributed by atoms with Gasteiger partial charge >= 0.3 is 7.82 Å². The first-order valence-corrected chi connectivity index (χ1v) is 13.3. The average Bonchev–Trinajstić information content (AvgIpc) is 2.78. The number of phosphoric acid groups is 1. The number of unbranched alkanes of at least 4 members (excludes halogenated alkanes) is 2. The molecule has 0 spiro atoms. The molecule has 1 rings (SSSR count). The van der Waals surface area contributed by atoms with E-state index in [-0.39, 0.29) is 6.61 Å². The molecule has 1 aromatic rings. The van der Waals surface area contributed by atoms with E-state index in [2.05, 4.69) is 27.7 Å². The van der Waals surface area contributed by atoms with Gasteiger partial charge in [-0.15, -0.1) is 0 Å². The molecule has 0 N–H and O–H groups in total. The van der Waals surface area contributed by atoms with Crippen molar-refractivity contribution in [1.29, 1.82) is 0 Å². The molecule has 0 aliphatic heterocycles. The first kappa shape index (κ1) is 27.1. The molecule has 0 radical (unpaired) electrons. The van der Waals surface area contributed by atoms with E-state index in [1.54, 1.807) is 0 Å². The Morgan fingerprint density at radius 2 is 1.37 bits per heavy atom. The van der Waals surface area contributed by atoms with Crippen molar-refractivity contribution in [3.8, 4) is 0 Å². The molecule has 0 saturated carbocycles. The molecular weight excluding hydrogens is 395 g/mol. The van der Waals surface area contributed by atoms with E-state index in [9.17, 15) is 4.57 Å². The summed E-state index contributed by atoms with van der Waals surface area (Å²) < 4.78 is 30.6. The van der Waals surface area contributed by atoms with Crippen LogP contribution in [0.5, 0.6) is 0 Å². The van der Waals surface area contributed by atoms with Gasteiger partial charge in [0, 0.05) is 0 Å². The highest BCUT2D eigenvalue weighted by Gasteiger charge is 2.28. The van der Waals surface area contributed by atoms with E-state index in [1.807, 2.05) is 42.5 Å². The van der Waals surface area contributed by atoms with Gasteiger partial charge in [-0.25, -0.2) is 4.57 Å². The summed E-state index contributed by atoms with van der Waals surface area (Å²) in [5.74, 6) is 0.764. The molecule has 1 aromatic carbocycles. The SMILES string of the molecule is CCCCC(CC)COP(=O)(OC/C=C\c1ccccc1)OCC(CC)CCCC. The van der Waals surface area contributed by atoms with Crippen molar-refractivity contribution in [2.75, 3.05) is 19.8 Å². The lowest BCUT2D eigenvalue weighted by Gasteiger charge is -2.23. The van der Waals surface area contributed by atoms with Crippen LogP contribution in [0, 0.1) is 11.8 Å². The minimum absolute atomic E-state index is 0.198. The van der Waals surface area contributed by atoms with Crippen LogP contribution in [0.15, 0.2) is 36.4 Å². The molecule has 30 heavy (non-hydrogen) atoms. The van der Waals surface area contributed by atoms with Crippen molar-refractivity contribution in [2.24, 2.45) is 11.8 Å². The Bertz CT molecular complexity index is 578. The molecule has 0 fully saturated rings. The zero-order valence-corrected chi connectivity index (χ0v) is 20.4. The predicted octanol–water partition coefficient (Wildman–Crippen LogP) is 8.29. The van der Waals surface area contributed by atoms with Crippen LogP contribution in [0.3, 0.4) is 0 Å². The van der Waals surface area contributed by atoms with E-state index in [1.165, 1.54) is 0 Å². The van der Waals surface area contributed by atoms with Crippen LogP contribution in [-0.2, 0) is 18.1 Å². The molecular formula is C25H43O4P. The second-order valence-electron chi connectivity index (χ2n) is 7.98. The number of rotatable bonds is 18. The topological polar surface area (TPSA) is 44.8 Å². The van der Waals surface area contributed by atoms with Crippen molar-refractivity contribution in [3.63, 3.8) is 0 Å². The van der Waals surface area contributed by atoms with Crippen molar-refractivity contribution in [2.45, 2.75) is 79.1 Å². The van der Waals surface area contributed by atoms with Gasteiger partial charge in [-0.2, -0.15) is 0 Å². The smallest absolute Gasteiger partial charge is 0.287 e. The maximum absolute atomic E-state index is 13.3. The van der Waals surface area contributed by atoms with Crippen LogP contribution < -0.4 is 0 Å². The standard InChI is InChI=1S/C25H43O4P/c1-5-9-15-23(7-3)21-28-30(26,29-22-24(8-4)16-10-6-2)27-20-14-19-25-17-12-11-13-18-25/h11-14,17-19,23-24H,5-10,15-16,20-22H2,1-4H3/b19-14-. The van der Waals surface area contributed by atoms with Gasteiger partial charge in [0.05, 0.1) is 19.8 Å². The van der Waals surface area contributed by atoms with Crippen LogP contribution in [0.2, 0.25) is 0 Å². The van der Waals surface area contributed by atoms with Crippen LogP contribution in [0.4, 0.5) is 0 Å². The lowest BCUT2D eigenvalue weighted by molar-refractivity contribution is 0.0904. The second-order valence-corrected chi connectivity index (χ2v) is 9.65. The van der Waals surface area contributed by atoms with Gasteiger partial charge in [0.2, 0.25) is 0 Å². The third-order valence-corrected chi connectivity index (χ3v) is 6.86. The van der Waals surface area contributed by atoms with Gasteiger partial charge in [0.1, 0.15) is 0 Å². The lowest BCUT2D eigenvalue weighted by atomic mass is 10.0. The fraction of sp³-hybridized carbons (Fsp3) is 0.680. The van der Waals surface area contributed by atoms with Crippen LogP contribution in [0.1, 0.15) is 84.6 Å². The van der Waals surface area contributed by atoms with Crippen LogP contribution in [0.25, 0.3) is 6.08 Å². The highest BCUT2D eigenvalue weighted by Crippen LogP contribution is 2.50. The molecule has 0 aliphatic carbocycles. The van der Waals surface area contributed by atoms with Crippen molar-refractivity contribution in [3.05, 3.63) is 42.0 Å². The zero-order chi connectivity index (χ0) is 22.1. The van der Waals surface area contributed by atoms with Crippen molar-refractivity contribution >= 4 is 13.9 Å². The largest absolute Gasteiger partial charge is 0.475 e. The van der Waals surface area contributed by atoms with Gasteiger partial charge in [-0.3, -0.25) is 13.6 Å². The summed E-state index contributed by atoms with van der Waals surface area (Å²) in [4.78, 5) is 0. The summed E-state index contributed by atoms with van der Waals surface area (Å²) in [5, 5.41) is 0. The second kappa shape index (κ2) is 16.7. The lowest BCUT2D eigenvalue weighted by Crippen LogP contribution is -2.13. The Hall–Kier alpha value is -0.930. The average molecular weight is 439 g/mol. The number of hydrogen-bond acceptors (Lipinski definition) is 4. The summed E-state index contributed by atoms with van der Waals surface area (Å²) in [6.07, 6.45) is 12.6. The van der Waals surface area contributed by atoms with Gasteiger partial charge in [0.25, 0.3) is 0 Å². The van der Waals surface area contributed by atoms with E-state index < -0.39 is 7.82 Å². The van der Waals surface area contributed by atoms with Gasteiger partial charge in [0.15, 0.2) is 0 Å². The van der Waals surface area contributed by atoms with Crippen molar-refractivity contribution in [1.82, 2.24) is 0 Å². The molecule has 0 aliphatic rings. The summed E-state index contributed by atoms with van der Waals surface area (Å²) >= 11 is 0. The highest BCUT2D eigenvalue weighted by molar-refractivity contribution is 7.48. The molecule has 0 saturated heterocycles. The maximum Gasteiger partial charge on any atom is 0.475 e. The third-order valence-electron chi connectivity index (χ3n) is 5.46. The number of benzene rings is 1. The van der Waals surface area contributed by atoms with Crippen LogP contribution >= 0.6 is 7.82 Å². The Balaban J connectivity index is 2.67. The predicted molar refractivity (Wildman–Crippen MR) is 128 cm³/mol. The number of phosphoric ester groups is 1. The molecule has 5 heteroatoms. The van der Waals surface area contributed by atoms with Crippen LogP contribution in [-0.4, -0.2) is 19.8 Å². The quantitative estimate of drug-likeness (QED) is 0.216. The fourth-order valence-electron chi connectivity index (χ4n) is 3.18. The summed E-state index contributed by atoms with van der Waals surface area (Å²) in [7, 11) is -3.59. The highest BCUT2D eigenvalue weighted by atomic mass is 31.2. The molecule has 0 aromatic heterocycles. The normalized spacial score (nSPS) is 15.9. The fourth-order valence-corrected chi connectivity index (χ4v) is 4.46. The van der Waals surface area contributed by atoms with E-state index >= 15 is 0 Å². The third kappa shape index (κ3) is 12.1. The van der Waals surface area contributed by atoms with Crippen molar-refractivity contribution < 1.29 is 18.1 Å². The minimum Gasteiger partial charge on any atom is -0.287 e. The van der Waals surface area contributed by atoms with Gasteiger partial charge < -0.3 is 0 Å². The monoisotopic (exact) mass is 438 g/mol. The molecule has 4 nitrogen and oxygen atoms in total. The molecule has 172 valence electrons.